The van der Waals surface area contributed by atoms with Gasteiger partial charge in [-0.15, -0.1) is 0 Å². The van der Waals surface area contributed by atoms with Gasteiger partial charge in [0, 0.05) is 17.8 Å². The van der Waals surface area contributed by atoms with Crippen LogP contribution in [0.15, 0.2) is 77.7 Å². The Kier molecular flexibility index (Phi) is 7.77. The molecule has 0 aliphatic carbocycles. The van der Waals surface area contributed by atoms with E-state index >= 15 is 0 Å². The van der Waals surface area contributed by atoms with Crippen LogP contribution in [0.5, 0.6) is 5.75 Å². The summed E-state index contributed by atoms with van der Waals surface area (Å²) < 4.78 is 67.7. The number of ether oxygens (including phenoxy) is 1. The fourth-order valence-corrected chi connectivity index (χ4v) is 4.86. The summed E-state index contributed by atoms with van der Waals surface area (Å²) in [4.78, 5) is 26.8. The maximum absolute atomic E-state index is 12.7. The number of sulfone groups is 1. The number of nitrogens with one attached hydrogen (secondary N) is 1. The number of benzene rings is 3. The number of carbonyl (C=O) groups is 2. The normalized spacial score (nSPS) is 15.9. The first-order valence-electron chi connectivity index (χ1n) is 11.8. The van der Waals surface area contributed by atoms with Crippen molar-refractivity contribution in [1.29, 1.82) is 0 Å². The second kappa shape index (κ2) is 10.9. The molecule has 0 spiro atoms. The van der Waals surface area contributed by atoms with Crippen LogP contribution < -0.4 is 15.0 Å². The van der Waals surface area contributed by atoms with Gasteiger partial charge < -0.3 is 15.0 Å². The first-order valence-corrected chi connectivity index (χ1v) is 13.5. The molecule has 1 heterocycles. The maximum Gasteiger partial charge on any atom is 0.416 e. The second-order valence-electron chi connectivity index (χ2n) is 8.75. The third-order valence-electron chi connectivity index (χ3n) is 6.13. The number of alkyl halides is 3. The van der Waals surface area contributed by atoms with Crippen LogP contribution in [-0.2, 0) is 27.4 Å². The van der Waals surface area contributed by atoms with Crippen LogP contribution in [0.3, 0.4) is 0 Å². The average molecular weight is 547 g/mol. The van der Waals surface area contributed by atoms with Gasteiger partial charge >= 0.3 is 6.18 Å². The zero-order valence-corrected chi connectivity index (χ0v) is 21.2. The van der Waals surface area contributed by atoms with Gasteiger partial charge in [0.05, 0.1) is 29.2 Å². The summed E-state index contributed by atoms with van der Waals surface area (Å²) in [5, 5.41) is 2.77. The van der Waals surface area contributed by atoms with E-state index in [0.29, 0.717) is 11.3 Å². The molecule has 1 atom stereocenters. The van der Waals surface area contributed by atoms with E-state index in [1.165, 1.54) is 29.2 Å². The highest BCUT2D eigenvalue weighted by Crippen LogP contribution is 2.31. The van der Waals surface area contributed by atoms with Gasteiger partial charge in [0.2, 0.25) is 5.91 Å². The number of nitrogens with zero attached hydrogens (tertiary/aromatic N) is 1. The third-order valence-corrected chi connectivity index (χ3v) is 7.88. The van der Waals surface area contributed by atoms with Gasteiger partial charge in [0.15, 0.2) is 9.84 Å². The van der Waals surface area contributed by atoms with Crippen LogP contribution in [0.4, 0.5) is 18.9 Å². The van der Waals surface area contributed by atoms with Gasteiger partial charge in [-0.25, -0.2) is 8.42 Å². The summed E-state index contributed by atoms with van der Waals surface area (Å²) in [6.45, 7) is 2.00. The van der Waals surface area contributed by atoms with E-state index in [0.717, 1.165) is 17.7 Å². The number of hydrogen-bond donors (Lipinski definition) is 1. The minimum absolute atomic E-state index is 0.00887. The smallest absolute Gasteiger partial charge is 0.416 e. The van der Waals surface area contributed by atoms with Gasteiger partial charge in [-0.1, -0.05) is 19.1 Å². The van der Waals surface area contributed by atoms with E-state index in [1.54, 1.807) is 43.3 Å². The zero-order valence-electron chi connectivity index (χ0n) is 20.4. The quantitative estimate of drug-likeness (QED) is 0.446. The summed E-state index contributed by atoms with van der Waals surface area (Å²) in [6, 6.07) is 17.1. The van der Waals surface area contributed by atoms with Crippen molar-refractivity contribution >= 4 is 27.3 Å². The molecule has 11 heteroatoms. The number of rotatable bonds is 8. The SMILES string of the molecule is CCS(=O)(=O)c1ccc(CNC(=O)c2ccc(N3CC(Oc4ccc(C(F)(F)F)cc4)CC3=O)cc2)cc1. The van der Waals surface area contributed by atoms with E-state index in [-0.39, 0.29) is 47.7 Å². The predicted molar refractivity (Wildman–Crippen MR) is 135 cm³/mol. The van der Waals surface area contributed by atoms with Gasteiger partial charge in [-0.2, -0.15) is 13.2 Å². The van der Waals surface area contributed by atoms with E-state index < -0.39 is 27.7 Å². The predicted octanol–water partition coefficient (Wildman–Crippen LogP) is 4.61. The monoisotopic (exact) mass is 546 g/mol. The molecule has 38 heavy (non-hydrogen) atoms. The molecule has 0 radical (unpaired) electrons. The van der Waals surface area contributed by atoms with E-state index in [4.69, 9.17) is 4.74 Å². The van der Waals surface area contributed by atoms with Gasteiger partial charge in [-0.05, 0) is 66.2 Å². The van der Waals surface area contributed by atoms with Crippen molar-refractivity contribution in [2.45, 2.75) is 37.1 Å². The van der Waals surface area contributed by atoms with Crippen LogP contribution in [-0.4, -0.2) is 38.6 Å². The van der Waals surface area contributed by atoms with Crippen molar-refractivity contribution in [3.8, 4) is 5.75 Å². The molecule has 2 amide bonds. The van der Waals surface area contributed by atoms with Crippen LogP contribution >= 0.6 is 0 Å². The number of hydrogen-bond acceptors (Lipinski definition) is 5. The molecule has 200 valence electrons. The molecular weight excluding hydrogens is 521 g/mol. The summed E-state index contributed by atoms with van der Waals surface area (Å²) in [5.41, 5.74) is 0.908. The average Bonchev–Trinajstić information content (AvgIpc) is 3.27. The standard InChI is InChI=1S/C27H25F3N2O5S/c1-2-38(35,36)24-13-3-18(4-14-24)16-31-26(34)19-5-9-21(10-6-19)32-17-23(15-25(32)33)37-22-11-7-20(8-12-22)27(28,29)30/h3-14,23H,2,15-17H2,1H3,(H,31,34). The van der Waals surface area contributed by atoms with Crippen LogP contribution in [0, 0.1) is 0 Å². The largest absolute Gasteiger partial charge is 0.488 e. The van der Waals surface area contributed by atoms with Crippen molar-refractivity contribution in [2.75, 3.05) is 17.2 Å². The number of halogens is 3. The lowest BCUT2D eigenvalue weighted by Gasteiger charge is -2.18. The van der Waals surface area contributed by atoms with Crippen molar-refractivity contribution < 1.29 is 35.9 Å². The molecule has 1 saturated heterocycles. The molecule has 3 aromatic rings. The van der Waals surface area contributed by atoms with E-state index in [2.05, 4.69) is 5.32 Å². The number of carbonyl (C=O) groups excluding carboxylic acids is 2. The van der Waals surface area contributed by atoms with E-state index in [1.807, 2.05) is 0 Å². The lowest BCUT2D eigenvalue weighted by atomic mass is 10.1. The highest BCUT2D eigenvalue weighted by Gasteiger charge is 2.33. The highest BCUT2D eigenvalue weighted by molar-refractivity contribution is 7.91. The molecular formula is C27H25F3N2O5S. The minimum Gasteiger partial charge on any atom is -0.488 e. The van der Waals surface area contributed by atoms with Gasteiger partial charge in [-0.3, -0.25) is 9.59 Å². The van der Waals surface area contributed by atoms with Crippen molar-refractivity contribution in [3.05, 3.63) is 89.5 Å². The molecule has 7 nitrogen and oxygen atoms in total. The van der Waals surface area contributed by atoms with Crippen molar-refractivity contribution in [2.24, 2.45) is 0 Å². The third kappa shape index (κ3) is 6.34. The van der Waals surface area contributed by atoms with Crippen LogP contribution in [0.25, 0.3) is 0 Å². The highest BCUT2D eigenvalue weighted by atomic mass is 32.2. The molecule has 0 saturated carbocycles. The van der Waals surface area contributed by atoms with Gasteiger partial charge in [0.1, 0.15) is 11.9 Å². The number of anilines is 1. The molecule has 1 aliphatic heterocycles. The summed E-state index contributed by atoms with van der Waals surface area (Å²) in [7, 11) is -3.29. The fraction of sp³-hybridized carbons (Fsp3) is 0.259. The molecule has 4 rings (SSSR count). The lowest BCUT2D eigenvalue weighted by molar-refractivity contribution is -0.137. The Balaban J connectivity index is 1.32. The Bertz CT molecular complexity index is 1410. The van der Waals surface area contributed by atoms with Crippen molar-refractivity contribution in [3.63, 3.8) is 0 Å². The molecule has 1 fully saturated rings. The molecule has 3 aromatic carbocycles. The van der Waals surface area contributed by atoms with Crippen LogP contribution in [0.1, 0.15) is 34.8 Å². The molecule has 1 aliphatic rings. The van der Waals surface area contributed by atoms with Crippen LogP contribution in [0.2, 0.25) is 0 Å². The molecule has 0 aromatic heterocycles. The van der Waals surface area contributed by atoms with Crippen molar-refractivity contribution in [1.82, 2.24) is 5.32 Å². The fourth-order valence-electron chi connectivity index (χ4n) is 3.98. The number of amides is 2. The first kappa shape index (κ1) is 27.2. The van der Waals surface area contributed by atoms with Gasteiger partial charge in [0.25, 0.3) is 5.91 Å². The topological polar surface area (TPSA) is 92.8 Å². The molecule has 1 N–H and O–H groups in total. The Morgan fingerprint density at radius 2 is 1.63 bits per heavy atom. The molecule has 1 unspecified atom stereocenters. The Morgan fingerprint density at radius 1 is 1.00 bits per heavy atom. The van der Waals surface area contributed by atoms with E-state index in [9.17, 15) is 31.2 Å². The summed E-state index contributed by atoms with van der Waals surface area (Å²) >= 11 is 0. The zero-order chi connectivity index (χ0) is 27.5. The Hall–Kier alpha value is -3.86. The summed E-state index contributed by atoms with van der Waals surface area (Å²) in [6.07, 6.45) is -4.89. The molecule has 0 bridgehead atoms. The lowest BCUT2D eigenvalue weighted by Crippen LogP contribution is -2.27. The Labute approximate surface area is 218 Å². The summed E-state index contributed by atoms with van der Waals surface area (Å²) in [5.74, 6) is -0.286. The maximum atomic E-state index is 12.7. The first-order chi connectivity index (χ1) is 18.0. The second-order valence-corrected chi connectivity index (χ2v) is 11.0. The Morgan fingerprint density at radius 3 is 2.21 bits per heavy atom. The minimum atomic E-state index is -4.44.